The van der Waals surface area contributed by atoms with Crippen LogP contribution in [0.4, 0.5) is 0 Å². The molecule has 0 aliphatic carbocycles. The first-order valence-corrected chi connectivity index (χ1v) is 4.61. The van der Waals surface area contributed by atoms with Crippen LogP contribution in [0.5, 0.6) is 0 Å². The maximum atomic E-state index is 5.56. The lowest BCUT2D eigenvalue weighted by Crippen LogP contribution is -1.80. The zero-order valence-corrected chi connectivity index (χ0v) is 7.84. The summed E-state index contributed by atoms with van der Waals surface area (Å²) in [5, 5.41) is 0. The first kappa shape index (κ1) is 8.17. The number of pyridine rings is 1. The highest BCUT2D eigenvalue weighted by atomic mass is 16.3. The number of nitrogens with zero attached hydrogens (tertiary/aromatic N) is 2. The Bertz CT molecular complexity index is 554. The summed E-state index contributed by atoms with van der Waals surface area (Å²) in [4.78, 5) is 8.49. The van der Waals surface area contributed by atoms with Gasteiger partial charge in [0, 0.05) is 6.20 Å². The first-order valence-electron chi connectivity index (χ1n) is 4.61. The second kappa shape index (κ2) is 3.20. The van der Waals surface area contributed by atoms with E-state index in [4.69, 9.17) is 4.42 Å². The third kappa shape index (κ3) is 1.38. The fraction of sp³-hybridized carbons (Fsp3) is 0. The topological polar surface area (TPSA) is 38.9 Å². The molecule has 0 spiro atoms. The van der Waals surface area contributed by atoms with Crippen molar-refractivity contribution < 1.29 is 4.42 Å². The number of para-hydroxylation sites is 2. The van der Waals surface area contributed by atoms with Gasteiger partial charge in [-0.1, -0.05) is 12.1 Å². The Kier molecular flexibility index (Phi) is 1.75. The van der Waals surface area contributed by atoms with E-state index in [1.807, 2.05) is 24.3 Å². The monoisotopic (exact) mass is 195 g/mol. The van der Waals surface area contributed by atoms with E-state index < -0.39 is 0 Å². The van der Waals surface area contributed by atoms with Gasteiger partial charge in [-0.15, -0.1) is 0 Å². The van der Waals surface area contributed by atoms with Crippen LogP contribution in [0, 0.1) is 6.07 Å². The predicted molar refractivity (Wildman–Crippen MR) is 56.1 cm³/mol. The molecule has 0 fully saturated rings. The Labute approximate surface area is 86.4 Å². The molecule has 15 heavy (non-hydrogen) atoms. The molecule has 3 aromatic rings. The van der Waals surface area contributed by atoms with Crippen molar-refractivity contribution in [1.82, 2.24) is 9.97 Å². The van der Waals surface area contributed by atoms with Crippen LogP contribution in [0.3, 0.4) is 0 Å². The molecule has 71 valence electrons. The van der Waals surface area contributed by atoms with Crippen molar-refractivity contribution >= 4 is 11.1 Å². The molecule has 0 bridgehead atoms. The maximum Gasteiger partial charge on any atom is 0.246 e. The van der Waals surface area contributed by atoms with Crippen molar-refractivity contribution in [2.45, 2.75) is 0 Å². The van der Waals surface area contributed by atoms with Gasteiger partial charge in [-0.25, -0.2) is 4.98 Å². The third-order valence-corrected chi connectivity index (χ3v) is 2.12. The number of aromatic nitrogens is 2. The van der Waals surface area contributed by atoms with E-state index in [9.17, 15) is 0 Å². The third-order valence-electron chi connectivity index (χ3n) is 2.12. The number of hydrogen-bond acceptors (Lipinski definition) is 3. The molecule has 0 saturated carbocycles. The summed E-state index contributed by atoms with van der Waals surface area (Å²) < 4.78 is 5.56. The van der Waals surface area contributed by atoms with Crippen molar-refractivity contribution in [3.05, 3.63) is 48.7 Å². The van der Waals surface area contributed by atoms with Gasteiger partial charge in [0.15, 0.2) is 5.58 Å². The van der Waals surface area contributed by atoms with Gasteiger partial charge in [0.1, 0.15) is 11.2 Å². The molecule has 1 radical (unpaired) electrons. The molecule has 3 rings (SSSR count). The van der Waals surface area contributed by atoms with Crippen LogP contribution in [0.1, 0.15) is 0 Å². The van der Waals surface area contributed by atoms with Crippen molar-refractivity contribution in [2.24, 2.45) is 0 Å². The van der Waals surface area contributed by atoms with Gasteiger partial charge in [-0.3, -0.25) is 4.98 Å². The van der Waals surface area contributed by atoms with Gasteiger partial charge in [-0.2, -0.15) is 0 Å². The Hall–Kier alpha value is -2.16. The zero-order chi connectivity index (χ0) is 10.1. The van der Waals surface area contributed by atoms with Gasteiger partial charge in [0.25, 0.3) is 0 Å². The number of rotatable bonds is 1. The van der Waals surface area contributed by atoms with Gasteiger partial charge in [0.2, 0.25) is 5.89 Å². The van der Waals surface area contributed by atoms with Gasteiger partial charge in [0.05, 0.1) is 0 Å². The molecule has 0 aliphatic rings. The molecule has 0 aliphatic heterocycles. The standard InChI is InChI=1S/C12H7N2O/c1-2-7-11-9(5-1)14-12(15-11)10-6-3-4-8-13-10/h1-2,4-8H. The highest BCUT2D eigenvalue weighted by Gasteiger charge is 2.07. The number of oxazole rings is 1. The largest absolute Gasteiger partial charge is 0.435 e. The molecule has 3 nitrogen and oxygen atoms in total. The van der Waals surface area contributed by atoms with Crippen molar-refractivity contribution in [3.8, 4) is 11.6 Å². The summed E-state index contributed by atoms with van der Waals surface area (Å²) in [5.41, 5.74) is 2.32. The minimum atomic E-state index is 0.535. The summed E-state index contributed by atoms with van der Waals surface area (Å²) in [6, 6.07) is 14.1. The highest BCUT2D eigenvalue weighted by Crippen LogP contribution is 2.21. The summed E-state index contributed by atoms with van der Waals surface area (Å²) in [6.45, 7) is 0. The minimum absolute atomic E-state index is 0.535. The zero-order valence-electron chi connectivity index (χ0n) is 7.84. The van der Waals surface area contributed by atoms with E-state index in [1.165, 1.54) is 0 Å². The highest BCUT2D eigenvalue weighted by molar-refractivity contribution is 5.75. The maximum absolute atomic E-state index is 5.56. The van der Waals surface area contributed by atoms with Crippen LogP contribution < -0.4 is 0 Å². The Balaban J connectivity index is 2.21. The average Bonchev–Trinajstić information content (AvgIpc) is 2.74. The molecule has 0 amide bonds. The number of hydrogen-bond donors (Lipinski definition) is 0. The Morgan fingerprint density at radius 1 is 1.20 bits per heavy atom. The smallest absolute Gasteiger partial charge is 0.246 e. The van der Waals surface area contributed by atoms with Crippen LogP contribution in [-0.2, 0) is 0 Å². The quantitative estimate of drug-likeness (QED) is 0.599. The Morgan fingerprint density at radius 2 is 2.13 bits per heavy atom. The van der Waals surface area contributed by atoms with Gasteiger partial charge >= 0.3 is 0 Å². The van der Waals surface area contributed by atoms with E-state index in [1.54, 1.807) is 18.3 Å². The molecular weight excluding hydrogens is 188 g/mol. The lowest BCUT2D eigenvalue weighted by molar-refractivity contribution is 0.617. The minimum Gasteiger partial charge on any atom is -0.435 e. The molecule has 0 N–H and O–H groups in total. The molecule has 2 aromatic heterocycles. The fourth-order valence-electron chi connectivity index (χ4n) is 1.42. The lowest BCUT2D eigenvalue weighted by atomic mass is 10.3. The van der Waals surface area contributed by atoms with E-state index >= 15 is 0 Å². The second-order valence-corrected chi connectivity index (χ2v) is 3.13. The summed E-state index contributed by atoms with van der Waals surface area (Å²) in [5.74, 6) is 0.535. The van der Waals surface area contributed by atoms with E-state index in [2.05, 4.69) is 16.0 Å². The predicted octanol–water partition coefficient (Wildman–Crippen LogP) is 2.69. The fourth-order valence-corrected chi connectivity index (χ4v) is 1.42. The van der Waals surface area contributed by atoms with E-state index in [0.717, 1.165) is 11.1 Å². The normalized spacial score (nSPS) is 10.7. The molecule has 1 aromatic carbocycles. The molecule has 0 saturated heterocycles. The van der Waals surface area contributed by atoms with Crippen LogP contribution >= 0.6 is 0 Å². The second-order valence-electron chi connectivity index (χ2n) is 3.13. The van der Waals surface area contributed by atoms with Crippen LogP contribution in [0.2, 0.25) is 0 Å². The van der Waals surface area contributed by atoms with Crippen molar-refractivity contribution in [2.75, 3.05) is 0 Å². The molecule has 0 atom stereocenters. The van der Waals surface area contributed by atoms with Gasteiger partial charge < -0.3 is 4.42 Å². The SMILES string of the molecule is [c]1ccnc(-c2nc3ccccc3o2)c1. The molecule has 2 heterocycles. The van der Waals surface area contributed by atoms with Gasteiger partial charge in [-0.05, 0) is 30.3 Å². The summed E-state index contributed by atoms with van der Waals surface area (Å²) in [7, 11) is 0. The van der Waals surface area contributed by atoms with Crippen molar-refractivity contribution in [1.29, 1.82) is 0 Å². The number of fused-ring (bicyclic) bond motifs is 1. The molecule has 3 heteroatoms. The average molecular weight is 195 g/mol. The Morgan fingerprint density at radius 3 is 2.93 bits per heavy atom. The number of benzene rings is 1. The lowest BCUT2D eigenvalue weighted by Gasteiger charge is -1.90. The summed E-state index contributed by atoms with van der Waals surface area (Å²) >= 11 is 0. The van der Waals surface area contributed by atoms with Crippen LogP contribution in [-0.4, -0.2) is 9.97 Å². The van der Waals surface area contributed by atoms with Crippen molar-refractivity contribution in [3.63, 3.8) is 0 Å². The molecule has 0 unspecified atom stereocenters. The van der Waals surface area contributed by atoms with Crippen LogP contribution in [0.25, 0.3) is 22.7 Å². The summed E-state index contributed by atoms with van der Waals surface area (Å²) in [6.07, 6.45) is 1.67. The van der Waals surface area contributed by atoms with Crippen LogP contribution in [0.15, 0.2) is 47.0 Å². The first-order chi connectivity index (χ1) is 7.43. The molecular formula is C12H7N2O. The van der Waals surface area contributed by atoms with E-state index in [-0.39, 0.29) is 0 Å². The van der Waals surface area contributed by atoms with E-state index in [0.29, 0.717) is 11.6 Å².